The fourth-order valence-corrected chi connectivity index (χ4v) is 18.8. The van der Waals surface area contributed by atoms with E-state index in [1.54, 1.807) is 21.0 Å². The van der Waals surface area contributed by atoms with Gasteiger partial charge in [0.15, 0.2) is 0 Å². The number of benzene rings is 8. The number of aromatic hydroxyl groups is 8. The van der Waals surface area contributed by atoms with Crippen LogP contribution in [0.2, 0.25) is 0 Å². The molecule has 4 fully saturated rings. The molecule has 0 amide bonds. The van der Waals surface area contributed by atoms with Crippen LogP contribution in [0.25, 0.3) is 0 Å². The minimum absolute atomic E-state index is 0.0121. The second-order valence-corrected chi connectivity index (χ2v) is 35.4. The summed E-state index contributed by atoms with van der Waals surface area (Å²) < 4.78 is 42.1. The van der Waals surface area contributed by atoms with Gasteiger partial charge in [-0.3, -0.25) is 33.6 Å². The van der Waals surface area contributed by atoms with Crippen molar-refractivity contribution in [2.24, 2.45) is 0 Å². The van der Waals surface area contributed by atoms with Gasteiger partial charge in [-0.1, -0.05) is 106 Å². The smallest absolute Gasteiger partial charge is 0.302 e. The highest BCUT2D eigenvalue weighted by atomic mass is 16.6. The Labute approximate surface area is 747 Å². The topological polar surface area (TPSA) is 355 Å². The van der Waals surface area contributed by atoms with Crippen molar-refractivity contribution in [3.05, 3.63) is 231 Å². The lowest BCUT2D eigenvalue weighted by Crippen LogP contribution is -2.34. The van der Waals surface area contributed by atoms with Crippen LogP contribution in [0.1, 0.15) is 311 Å². The number of ketones is 1. The first-order chi connectivity index (χ1) is 60.1. The van der Waals surface area contributed by atoms with E-state index < -0.39 is 41.2 Å². The number of ether oxygens (including phenoxy) is 8. The number of hydrogen-bond donors (Lipinski definition) is 8. The molecule has 8 N–H and O–H groups in total. The van der Waals surface area contributed by atoms with Gasteiger partial charge in [0.2, 0.25) is 0 Å². The number of carbonyl (C=O) groups is 7. The summed E-state index contributed by atoms with van der Waals surface area (Å²) in [7, 11) is 1.65. The van der Waals surface area contributed by atoms with Gasteiger partial charge in [0.1, 0.15) is 91.4 Å². The van der Waals surface area contributed by atoms with Gasteiger partial charge in [0.25, 0.3) is 0 Å². The van der Waals surface area contributed by atoms with Gasteiger partial charge in [-0.05, 0) is 258 Å². The lowest BCUT2D eigenvalue weighted by Gasteiger charge is -2.40. The highest BCUT2D eigenvalue weighted by molar-refractivity contribution is 5.80. The normalized spacial score (nSPS) is 15.5. The van der Waals surface area contributed by atoms with Gasteiger partial charge < -0.3 is 78.7 Å². The quantitative estimate of drug-likeness (QED) is 0.0195. The van der Waals surface area contributed by atoms with E-state index in [0.29, 0.717) is 94.9 Å². The molecule has 8 aromatic carbocycles. The number of carbonyl (C=O) groups excluding carboxylic acids is 7. The Morgan fingerprint density at radius 2 is 0.433 bits per heavy atom. The molecule has 0 unspecified atom stereocenters. The van der Waals surface area contributed by atoms with Crippen LogP contribution in [0.15, 0.2) is 97.1 Å². The van der Waals surface area contributed by atoms with Crippen molar-refractivity contribution in [1.82, 2.24) is 0 Å². The molecule has 23 nitrogen and oxygen atoms in total. The summed E-state index contributed by atoms with van der Waals surface area (Å²) >= 11 is 0. The van der Waals surface area contributed by atoms with E-state index in [9.17, 15) is 74.4 Å². The fraction of sp³-hybridized carbons (Fsp3) is 0.471. The molecule has 127 heavy (non-hydrogen) atoms. The van der Waals surface area contributed by atoms with Gasteiger partial charge in [0.05, 0.1) is 19.3 Å². The van der Waals surface area contributed by atoms with Crippen molar-refractivity contribution in [1.29, 1.82) is 0 Å². The van der Waals surface area contributed by atoms with Gasteiger partial charge in [-0.25, -0.2) is 0 Å². The van der Waals surface area contributed by atoms with Crippen molar-refractivity contribution in [2.45, 2.75) is 313 Å². The molecule has 8 aromatic rings. The lowest BCUT2D eigenvalue weighted by molar-refractivity contribution is -0.143. The summed E-state index contributed by atoms with van der Waals surface area (Å²) in [5, 5.41) is 84.5. The molecular formula is C104H130O23. The minimum Gasteiger partial charge on any atom is -0.507 e. The lowest BCUT2D eigenvalue weighted by atomic mass is 9.64. The first kappa shape index (κ1) is 99.3. The van der Waals surface area contributed by atoms with Crippen molar-refractivity contribution in [2.75, 3.05) is 7.11 Å². The SMILES string of the molecule is CC(=O)OCc1cc(C2(c3cc(C)c(O)c(COC(C)=O)c3)CCC(=O)CC2)cc(C)c1O.CC(=O)OCc1cc(C2(c3cc(C)c(O)c(COC(C)=O)c3)CCCCC2)cc(C)c1O.CC(=O)OCc1cc(C2(c3cc(C)c(O)c(COC(C)=O)c3)CCCCC2)cc(C)c1O.COCc1cc(C2(c3cc(C)c(O)c(COC(C)C)c3)CCCCC2)cc(C)c1O. The van der Waals surface area contributed by atoms with Gasteiger partial charge >= 0.3 is 35.8 Å². The Kier molecular flexibility index (Phi) is 34.3. The number of esters is 6. The molecular weight excluding hydrogens is 1620 g/mol. The van der Waals surface area contributed by atoms with Crippen LogP contribution in [0.4, 0.5) is 0 Å². The summed E-state index contributed by atoms with van der Waals surface area (Å²) in [4.78, 5) is 80.2. The first-order valence-corrected chi connectivity index (χ1v) is 44.2. The highest BCUT2D eigenvalue weighted by Crippen LogP contribution is 2.53. The Morgan fingerprint density at radius 1 is 0.268 bits per heavy atom. The third kappa shape index (κ3) is 24.3. The van der Waals surface area contributed by atoms with Gasteiger partial charge in [-0.15, -0.1) is 0 Å². The molecule has 0 bridgehead atoms. The summed E-state index contributed by atoms with van der Waals surface area (Å²) in [6, 6.07) is 31.7. The Hall–Kier alpha value is -11.4. The standard InChI is InChI=1S/C26H30O7.2C26H32O6.C26H36O4/c1-15-9-21(11-19(24(15)30)13-32-17(3)27)26(7-5-23(29)6-8-26)22-10-16(2)25(31)20(12-22)14-33-18(4)28;2*1-16-10-22(12-20(24(16)29)14-31-18(3)27)26(8-6-5-7-9-26)23-11-17(2)25(30)21(13-23)15-32-19(4)28;1-17(2)30-16-21-14-23(12-19(4)25(21)28)26(9-7-6-8-10-26)22-11-18(3)24(27)20(13-22)15-29-5/h9-12,30-31H,5-8,13-14H2,1-4H3;2*10-13,29-30H,5-9,14-15H2,1-4H3;11-14,17,27-28H,6-10,15-16H2,1-5H3. The van der Waals surface area contributed by atoms with Crippen LogP contribution in [-0.2, 0) is 146 Å². The predicted molar refractivity (Wildman–Crippen MR) is 482 cm³/mol. The molecule has 0 spiro atoms. The van der Waals surface area contributed by atoms with E-state index in [2.05, 4.69) is 24.3 Å². The summed E-state index contributed by atoms with van der Waals surface area (Å²) in [6.45, 7) is 27.6. The summed E-state index contributed by atoms with van der Waals surface area (Å²) in [6.07, 6.45) is 17.9. The van der Waals surface area contributed by atoms with Gasteiger partial charge in [0, 0.05) is 128 Å². The Balaban J connectivity index is 0.000000191. The number of phenolic OH excluding ortho intramolecular Hbond substituents is 8. The van der Waals surface area contributed by atoms with Crippen molar-refractivity contribution in [3.63, 3.8) is 0 Å². The van der Waals surface area contributed by atoms with E-state index in [-0.39, 0.29) is 102 Å². The van der Waals surface area contributed by atoms with Crippen LogP contribution in [0, 0.1) is 55.4 Å². The number of hydrogen-bond acceptors (Lipinski definition) is 23. The third-order valence-corrected chi connectivity index (χ3v) is 25.7. The average Bonchev–Trinajstić information content (AvgIpc) is 0.764. The van der Waals surface area contributed by atoms with Crippen LogP contribution < -0.4 is 0 Å². The van der Waals surface area contributed by atoms with E-state index in [1.807, 2.05) is 128 Å². The molecule has 0 aliphatic heterocycles. The molecule has 0 saturated heterocycles. The molecule has 0 radical (unpaired) electrons. The van der Waals surface area contributed by atoms with Crippen LogP contribution in [0.3, 0.4) is 0 Å². The maximum absolute atomic E-state index is 12.1. The number of aryl methyl sites for hydroxylation is 8. The molecule has 0 heterocycles. The van der Waals surface area contributed by atoms with E-state index >= 15 is 0 Å². The molecule has 4 aliphatic carbocycles. The minimum atomic E-state index is -0.555. The van der Waals surface area contributed by atoms with E-state index in [4.69, 9.17) is 37.9 Å². The maximum atomic E-state index is 12.1. The Morgan fingerprint density at radius 3 is 0.598 bits per heavy atom. The zero-order chi connectivity index (χ0) is 93.2. The molecule has 4 aliphatic rings. The fourth-order valence-electron chi connectivity index (χ4n) is 18.8. The van der Waals surface area contributed by atoms with Crippen LogP contribution in [0.5, 0.6) is 46.0 Å². The number of Topliss-reactive ketones (excluding diaryl/α,β-unsaturated/α-hetero) is 1. The second kappa shape index (κ2) is 43.9. The maximum Gasteiger partial charge on any atom is 0.302 e. The predicted octanol–water partition coefficient (Wildman–Crippen LogP) is 20.5. The van der Waals surface area contributed by atoms with E-state index in [0.717, 1.165) is 168 Å². The summed E-state index contributed by atoms with van der Waals surface area (Å²) in [5.41, 5.74) is 18.1. The summed E-state index contributed by atoms with van der Waals surface area (Å²) in [5.74, 6) is -0.961. The molecule has 23 heteroatoms. The van der Waals surface area contributed by atoms with Crippen LogP contribution in [-0.4, -0.2) is 95.7 Å². The molecule has 684 valence electrons. The Bertz CT molecular complexity index is 4920. The van der Waals surface area contributed by atoms with Crippen molar-refractivity contribution in [3.8, 4) is 46.0 Å². The third-order valence-electron chi connectivity index (χ3n) is 25.7. The number of rotatable bonds is 25. The second-order valence-electron chi connectivity index (χ2n) is 35.4. The van der Waals surface area contributed by atoms with Crippen molar-refractivity contribution >= 4 is 41.6 Å². The first-order valence-electron chi connectivity index (χ1n) is 44.2. The van der Waals surface area contributed by atoms with E-state index in [1.165, 1.54) is 59.1 Å². The zero-order valence-corrected chi connectivity index (χ0v) is 77.1. The van der Waals surface area contributed by atoms with Gasteiger partial charge in [-0.2, -0.15) is 0 Å². The highest BCUT2D eigenvalue weighted by Gasteiger charge is 2.43. The molecule has 12 rings (SSSR count). The number of methoxy groups -OCH3 is 1. The number of phenols is 8. The molecule has 0 atom stereocenters. The average molecular weight is 1750 g/mol. The monoisotopic (exact) mass is 1750 g/mol. The molecule has 4 saturated carbocycles. The largest absolute Gasteiger partial charge is 0.507 e. The van der Waals surface area contributed by atoms with Crippen molar-refractivity contribution < 1.29 is 112 Å². The van der Waals surface area contributed by atoms with Crippen LogP contribution >= 0.6 is 0 Å². The zero-order valence-electron chi connectivity index (χ0n) is 77.1. The molecule has 0 aromatic heterocycles.